The van der Waals surface area contributed by atoms with Crippen LogP contribution in [-0.2, 0) is 4.79 Å². The van der Waals surface area contributed by atoms with E-state index in [-0.39, 0.29) is 11.2 Å². The minimum absolute atomic E-state index is 0.0354. The Bertz CT molecular complexity index is 461. The zero-order valence-electron chi connectivity index (χ0n) is 13.5. The number of nitrogens with two attached hydrogens (primary N) is 1. The monoisotopic (exact) mass is 309 g/mol. The number of hydrogen-bond acceptors (Lipinski definition) is 4. The maximum absolute atomic E-state index is 12.2. The summed E-state index contributed by atoms with van der Waals surface area (Å²) in [7, 11) is 0. The molecule has 0 aliphatic carbocycles. The summed E-state index contributed by atoms with van der Waals surface area (Å²) in [6.45, 7) is 11.3. The quantitative estimate of drug-likeness (QED) is 0.725. The van der Waals surface area contributed by atoms with Crippen molar-refractivity contribution >= 4 is 29.0 Å². The van der Waals surface area contributed by atoms with E-state index in [1.54, 1.807) is 11.8 Å². The van der Waals surface area contributed by atoms with Gasteiger partial charge < -0.3 is 16.0 Å². The first-order valence-corrected chi connectivity index (χ1v) is 8.54. The molecule has 1 atom stereocenters. The van der Waals surface area contributed by atoms with Gasteiger partial charge in [0, 0.05) is 23.7 Å². The van der Waals surface area contributed by atoms with Gasteiger partial charge >= 0.3 is 0 Å². The molecule has 0 bridgehead atoms. The van der Waals surface area contributed by atoms with Crippen molar-refractivity contribution in [1.29, 1.82) is 0 Å². The van der Waals surface area contributed by atoms with Gasteiger partial charge in [0.15, 0.2) is 0 Å². The standard InChI is InChI=1S/C16H27N3OS/c1-5-19(6-2)10-11-21-13(4)16(20)18-15-9-7-8-14(17)12(15)3/h7-9,13H,5-6,10-11,17H2,1-4H3,(H,18,20). The average molecular weight is 309 g/mol. The Balaban J connectivity index is 2.46. The van der Waals surface area contributed by atoms with Crippen LogP contribution in [0.15, 0.2) is 18.2 Å². The third kappa shape index (κ3) is 5.59. The van der Waals surface area contributed by atoms with E-state index in [0.717, 1.165) is 36.6 Å². The predicted molar refractivity (Wildman–Crippen MR) is 93.9 cm³/mol. The average Bonchev–Trinajstić information content (AvgIpc) is 2.48. The van der Waals surface area contributed by atoms with Crippen LogP contribution >= 0.6 is 11.8 Å². The van der Waals surface area contributed by atoms with Crippen LogP contribution in [0.25, 0.3) is 0 Å². The number of anilines is 2. The van der Waals surface area contributed by atoms with Gasteiger partial charge in [-0.05, 0) is 44.6 Å². The van der Waals surface area contributed by atoms with Crippen LogP contribution in [0.4, 0.5) is 11.4 Å². The highest BCUT2D eigenvalue weighted by Crippen LogP contribution is 2.22. The Morgan fingerprint density at radius 2 is 2.05 bits per heavy atom. The molecule has 4 nitrogen and oxygen atoms in total. The highest BCUT2D eigenvalue weighted by molar-refractivity contribution is 8.00. The van der Waals surface area contributed by atoms with Crippen molar-refractivity contribution in [2.75, 3.05) is 36.4 Å². The first kappa shape index (κ1) is 17.9. The van der Waals surface area contributed by atoms with Crippen molar-refractivity contribution in [3.63, 3.8) is 0 Å². The SMILES string of the molecule is CCN(CC)CCSC(C)C(=O)Nc1cccc(N)c1C. The summed E-state index contributed by atoms with van der Waals surface area (Å²) in [6, 6.07) is 5.58. The minimum atomic E-state index is -0.0682. The molecule has 118 valence electrons. The Morgan fingerprint density at radius 3 is 2.67 bits per heavy atom. The molecule has 0 heterocycles. The summed E-state index contributed by atoms with van der Waals surface area (Å²) in [6.07, 6.45) is 0. The molecule has 0 spiro atoms. The molecule has 1 aromatic carbocycles. The van der Waals surface area contributed by atoms with E-state index in [0.29, 0.717) is 5.69 Å². The Labute approximate surface area is 132 Å². The van der Waals surface area contributed by atoms with Crippen LogP contribution in [0.2, 0.25) is 0 Å². The lowest BCUT2D eigenvalue weighted by molar-refractivity contribution is -0.115. The Kier molecular flexibility index (Phi) is 7.61. The fourth-order valence-electron chi connectivity index (χ4n) is 2.00. The molecule has 0 aliphatic rings. The summed E-state index contributed by atoms with van der Waals surface area (Å²) in [5.41, 5.74) is 8.28. The summed E-state index contributed by atoms with van der Waals surface area (Å²) < 4.78 is 0. The van der Waals surface area contributed by atoms with E-state index in [1.807, 2.05) is 32.0 Å². The van der Waals surface area contributed by atoms with Crippen LogP contribution in [0.5, 0.6) is 0 Å². The zero-order valence-corrected chi connectivity index (χ0v) is 14.3. The molecule has 1 unspecified atom stereocenters. The number of carbonyl (C=O) groups excluding carboxylic acids is 1. The van der Waals surface area contributed by atoms with E-state index in [2.05, 4.69) is 24.1 Å². The van der Waals surface area contributed by atoms with E-state index in [4.69, 9.17) is 5.73 Å². The Hall–Kier alpha value is -1.20. The molecule has 1 amide bonds. The van der Waals surface area contributed by atoms with E-state index in [1.165, 1.54) is 0 Å². The normalized spacial score (nSPS) is 12.4. The molecule has 0 saturated carbocycles. The van der Waals surface area contributed by atoms with Gasteiger partial charge in [0.25, 0.3) is 0 Å². The van der Waals surface area contributed by atoms with Crippen LogP contribution in [0.3, 0.4) is 0 Å². The number of thioether (sulfide) groups is 1. The summed E-state index contributed by atoms with van der Waals surface area (Å²) in [5, 5.41) is 2.90. The van der Waals surface area contributed by atoms with Gasteiger partial charge in [0.2, 0.25) is 5.91 Å². The first-order valence-electron chi connectivity index (χ1n) is 7.49. The number of benzene rings is 1. The van der Waals surface area contributed by atoms with E-state index >= 15 is 0 Å². The largest absolute Gasteiger partial charge is 0.398 e. The first-order chi connectivity index (χ1) is 9.99. The van der Waals surface area contributed by atoms with Crippen molar-refractivity contribution in [2.24, 2.45) is 0 Å². The fourth-order valence-corrected chi connectivity index (χ4v) is 2.92. The molecular weight excluding hydrogens is 282 g/mol. The maximum Gasteiger partial charge on any atom is 0.237 e. The van der Waals surface area contributed by atoms with Gasteiger partial charge in [-0.2, -0.15) is 0 Å². The maximum atomic E-state index is 12.2. The van der Waals surface area contributed by atoms with E-state index in [9.17, 15) is 4.79 Å². The number of hydrogen-bond donors (Lipinski definition) is 2. The lowest BCUT2D eigenvalue weighted by Gasteiger charge is -2.19. The van der Waals surface area contributed by atoms with Gasteiger partial charge in [0.05, 0.1) is 5.25 Å². The van der Waals surface area contributed by atoms with Crippen LogP contribution in [0.1, 0.15) is 26.3 Å². The zero-order chi connectivity index (χ0) is 15.8. The van der Waals surface area contributed by atoms with Crippen molar-refractivity contribution < 1.29 is 4.79 Å². The second kappa shape index (κ2) is 8.95. The fraction of sp³-hybridized carbons (Fsp3) is 0.562. The van der Waals surface area contributed by atoms with Crippen molar-refractivity contribution in [1.82, 2.24) is 4.90 Å². The Morgan fingerprint density at radius 1 is 1.38 bits per heavy atom. The number of nitrogens with zero attached hydrogens (tertiary/aromatic N) is 1. The molecule has 1 aromatic rings. The van der Waals surface area contributed by atoms with Crippen molar-refractivity contribution in [3.8, 4) is 0 Å². The molecule has 5 heteroatoms. The molecule has 3 N–H and O–H groups in total. The van der Waals surface area contributed by atoms with Crippen molar-refractivity contribution in [2.45, 2.75) is 32.9 Å². The van der Waals surface area contributed by atoms with Gasteiger partial charge in [-0.25, -0.2) is 0 Å². The molecule has 0 saturated heterocycles. The number of rotatable bonds is 8. The minimum Gasteiger partial charge on any atom is -0.398 e. The topological polar surface area (TPSA) is 58.4 Å². The summed E-state index contributed by atoms with van der Waals surface area (Å²) >= 11 is 1.69. The molecule has 1 rings (SSSR count). The van der Waals surface area contributed by atoms with Gasteiger partial charge in [-0.15, -0.1) is 11.8 Å². The van der Waals surface area contributed by atoms with Gasteiger partial charge in [-0.1, -0.05) is 19.9 Å². The van der Waals surface area contributed by atoms with Crippen LogP contribution < -0.4 is 11.1 Å². The second-order valence-corrected chi connectivity index (χ2v) is 6.50. The van der Waals surface area contributed by atoms with Crippen LogP contribution in [0, 0.1) is 6.92 Å². The number of nitrogen functional groups attached to an aromatic ring is 1. The molecule has 0 radical (unpaired) electrons. The highest BCUT2D eigenvalue weighted by Gasteiger charge is 2.15. The summed E-state index contributed by atoms with van der Waals surface area (Å²) in [4.78, 5) is 14.6. The van der Waals surface area contributed by atoms with E-state index < -0.39 is 0 Å². The molecule has 0 aromatic heterocycles. The molecular formula is C16H27N3OS. The smallest absolute Gasteiger partial charge is 0.237 e. The molecule has 21 heavy (non-hydrogen) atoms. The van der Waals surface area contributed by atoms with Crippen molar-refractivity contribution in [3.05, 3.63) is 23.8 Å². The third-order valence-electron chi connectivity index (χ3n) is 3.67. The van der Waals surface area contributed by atoms with Gasteiger partial charge in [0.1, 0.15) is 0 Å². The number of carbonyl (C=O) groups is 1. The highest BCUT2D eigenvalue weighted by atomic mass is 32.2. The second-order valence-electron chi connectivity index (χ2n) is 5.05. The van der Waals surface area contributed by atoms with Gasteiger partial charge in [-0.3, -0.25) is 4.79 Å². The molecule has 0 aliphatic heterocycles. The number of amides is 1. The molecule has 0 fully saturated rings. The number of nitrogens with one attached hydrogen (secondary N) is 1. The third-order valence-corrected chi connectivity index (χ3v) is 4.80. The lowest BCUT2D eigenvalue weighted by atomic mass is 10.1. The predicted octanol–water partition coefficient (Wildman–Crippen LogP) is 2.98. The lowest BCUT2D eigenvalue weighted by Crippen LogP contribution is -2.28. The van der Waals surface area contributed by atoms with Crippen LogP contribution in [-0.4, -0.2) is 41.4 Å². The summed E-state index contributed by atoms with van der Waals surface area (Å²) in [5.74, 6) is 1.000.